The molecule has 1 aliphatic heterocycles. The number of carbonyl (C=O) groups is 1. The first kappa shape index (κ1) is 17.1. The number of nitrogens with one attached hydrogen (secondary N) is 1. The number of nitrogens with zero attached hydrogens (tertiary/aromatic N) is 2. The lowest BCUT2D eigenvalue weighted by atomic mass is 10.2. The van der Waals surface area contributed by atoms with Crippen molar-refractivity contribution in [2.24, 2.45) is 0 Å². The molecule has 27 heavy (non-hydrogen) atoms. The fraction of sp³-hybridized carbons (Fsp3) is 0.182. The van der Waals surface area contributed by atoms with E-state index in [0.29, 0.717) is 12.2 Å². The van der Waals surface area contributed by atoms with Gasteiger partial charge in [-0.2, -0.15) is 0 Å². The van der Waals surface area contributed by atoms with E-state index < -0.39 is 0 Å². The third-order valence-corrected chi connectivity index (χ3v) is 4.61. The van der Waals surface area contributed by atoms with Gasteiger partial charge < -0.3 is 15.0 Å². The molecule has 5 heteroatoms. The molecule has 1 aromatic heterocycles. The van der Waals surface area contributed by atoms with Crippen LogP contribution in [0.3, 0.4) is 0 Å². The Labute approximate surface area is 158 Å². The molecule has 1 N–H and O–H groups in total. The summed E-state index contributed by atoms with van der Waals surface area (Å²) in [5.74, 6) is 0.604. The summed E-state index contributed by atoms with van der Waals surface area (Å²) in [5, 5.41) is 2.91. The number of amides is 1. The van der Waals surface area contributed by atoms with Crippen LogP contribution in [0.25, 0.3) is 0 Å². The fourth-order valence-corrected chi connectivity index (χ4v) is 3.31. The zero-order chi connectivity index (χ0) is 18.6. The number of aromatic nitrogens is 1. The first-order chi connectivity index (χ1) is 13.2. The van der Waals surface area contributed by atoms with Gasteiger partial charge in [-0.1, -0.05) is 18.2 Å². The topological polar surface area (TPSA) is 54.5 Å². The van der Waals surface area contributed by atoms with Crippen molar-refractivity contribution in [3.05, 3.63) is 78.1 Å². The lowest BCUT2D eigenvalue weighted by Gasteiger charge is -2.19. The van der Waals surface area contributed by atoms with Gasteiger partial charge in [0, 0.05) is 24.1 Å². The van der Waals surface area contributed by atoms with Gasteiger partial charge in [-0.15, -0.1) is 0 Å². The molecule has 0 bridgehead atoms. The van der Waals surface area contributed by atoms with E-state index in [2.05, 4.69) is 33.4 Å². The minimum absolute atomic E-state index is 0.180. The second-order valence-corrected chi connectivity index (χ2v) is 6.37. The van der Waals surface area contributed by atoms with E-state index in [0.717, 1.165) is 30.1 Å². The van der Waals surface area contributed by atoms with Crippen LogP contribution in [0.5, 0.6) is 5.75 Å². The normalized spacial score (nSPS) is 12.6. The van der Waals surface area contributed by atoms with Gasteiger partial charge in [-0.25, -0.2) is 0 Å². The van der Waals surface area contributed by atoms with E-state index in [1.807, 2.05) is 43.3 Å². The molecule has 4 rings (SSSR count). The summed E-state index contributed by atoms with van der Waals surface area (Å²) < 4.78 is 5.42. The summed E-state index contributed by atoms with van der Waals surface area (Å²) in [6.07, 6.45) is 4.39. The van der Waals surface area contributed by atoms with Gasteiger partial charge in [0.2, 0.25) is 0 Å². The molecular formula is C22H21N3O2. The maximum Gasteiger partial charge on any atom is 0.257 e. The fourth-order valence-electron chi connectivity index (χ4n) is 3.31. The first-order valence-corrected chi connectivity index (χ1v) is 9.09. The van der Waals surface area contributed by atoms with Crippen molar-refractivity contribution in [2.75, 3.05) is 23.4 Å². The molecule has 2 aromatic carbocycles. The van der Waals surface area contributed by atoms with E-state index >= 15 is 0 Å². The molecule has 1 amide bonds. The zero-order valence-corrected chi connectivity index (χ0v) is 15.2. The van der Waals surface area contributed by atoms with E-state index in [4.69, 9.17) is 4.74 Å². The molecule has 0 radical (unpaired) electrons. The van der Waals surface area contributed by atoms with Gasteiger partial charge in [0.05, 0.1) is 24.1 Å². The molecule has 1 aliphatic rings. The summed E-state index contributed by atoms with van der Waals surface area (Å²) in [6.45, 7) is 3.45. The summed E-state index contributed by atoms with van der Waals surface area (Å²) in [5.41, 5.74) is 4.69. The quantitative estimate of drug-likeness (QED) is 0.732. The number of rotatable bonds is 5. The van der Waals surface area contributed by atoms with Crippen LogP contribution in [-0.2, 0) is 6.42 Å². The van der Waals surface area contributed by atoms with Crippen LogP contribution in [0.1, 0.15) is 22.8 Å². The van der Waals surface area contributed by atoms with E-state index in [1.165, 1.54) is 11.3 Å². The molecule has 5 nitrogen and oxygen atoms in total. The number of hydrogen-bond acceptors (Lipinski definition) is 4. The Balaban J connectivity index is 1.51. The van der Waals surface area contributed by atoms with Gasteiger partial charge in [0.1, 0.15) is 5.75 Å². The molecule has 3 aromatic rings. The monoisotopic (exact) mass is 359 g/mol. The summed E-state index contributed by atoms with van der Waals surface area (Å²) in [4.78, 5) is 19.1. The smallest absolute Gasteiger partial charge is 0.257 e. The number of ether oxygens (including phenoxy) is 1. The molecule has 0 atom stereocenters. The highest BCUT2D eigenvalue weighted by molar-refractivity contribution is 6.04. The highest BCUT2D eigenvalue weighted by Gasteiger charge is 2.20. The van der Waals surface area contributed by atoms with E-state index in [-0.39, 0.29) is 5.91 Å². The maximum absolute atomic E-state index is 12.6. The summed E-state index contributed by atoms with van der Waals surface area (Å²) in [7, 11) is 0. The molecule has 2 heterocycles. The largest absolute Gasteiger partial charge is 0.494 e. The maximum atomic E-state index is 12.6. The summed E-state index contributed by atoms with van der Waals surface area (Å²) >= 11 is 0. The predicted molar refractivity (Wildman–Crippen MR) is 107 cm³/mol. The number of anilines is 3. The van der Waals surface area contributed by atoms with Crippen LogP contribution in [0.15, 0.2) is 67.0 Å². The van der Waals surface area contributed by atoms with Crippen molar-refractivity contribution < 1.29 is 9.53 Å². The first-order valence-electron chi connectivity index (χ1n) is 9.09. The van der Waals surface area contributed by atoms with Crippen LogP contribution in [0, 0.1) is 0 Å². The number of benzene rings is 2. The molecule has 0 fully saturated rings. The number of fused-ring (bicyclic) bond motifs is 1. The standard InChI is InChI=1S/C22H21N3O2/c1-2-27-20-9-7-18(8-10-20)24-22(26)17-13-19(15-23-14-17)25-12-11-16-5-3-4-6-21(16)25/h3-10,13-15H,2,11-12H2,1H3,(H,24,26). The van der Waals surface area contributed by atoms with Crippen LogP contribution in [0.4, 0.5) is 17.1 Å². The molecule has 136 valence electrons. The second kappa shape index (κ2) is 7.50. The number of para-hydroxylation sites is 1. The van der Waals surface area contributed by atoms with Gasteiger partial charge in [-0.05, 0) is 55.3 Å². The minimum Gasteiger partial charge on any atom is -0.494 e. The zero-order valence-electron chi connectivity index (χ0n) is 15.2. The van der Waals surface area contributed by atoms with Crippen LogP contribution < -0.4 is 15.0 Å². The molecule has 0 unspecified atom stereocenters. The number of carbonyl (C=O) groups excluding carboxylic acids is 1. The average Bonchev–Trinajstić information content (AvgIpc) is 3.14. The average molecular weight is 359 g/mol. The Kier molecular flexibility index (Phi) is 4.75. The molecule has 0 spiro atoms. The van der Waals surface area contributed by atoms with Gasteiger partial charge >= 0.3 is 0 Å². The SMILES string of the molecule is CCOc1ccc(NC(=O)c2cncc(N3CCc4ccccc43)c2)cc1. The van der Waals surface area contributed by atoms with Gasteiger partial charge in [0.25, 0.3) is 5.91 Å². The lowest BCUT2D eigenvalue weighted by Crippen LogP contribution is -2.16. The third-order valence-electron chi connectivity index (χ3n) is 4.61. The van der Waals surface area contributed by atoms with Crippen LogP contribution >= 0.6 is 0 Å². The Morgan fingerprint density at radius 1 is 1.15 bits per heavy atom. The third kappa shape index (κ3) is 3.62. The van der Waals surface area contributed by atoms with Crippen LogP contribution in [-0.4, -0.2) is 24.0 Å². The van der Waals surface area contributed by atoms with E-state index in [1.54, 1.807) is 12.4 Å². The molecular weight excluding hydrogens is 338 g/mol. The van der Waals surface area contributed by atoms with Crippen molar-refractivity contribution in [3.63, 3.8) is 0 Å². The second-order valence-electron chi connectivity index (χ2n) is 6.37. The highest BCUT2D eigenvalue weighted by atomic mass is 16.5. The van der Waals surface area contributed by atoms with Crippen molar-refractivity contribution in [2.45, 2.75) is 13.3 Å². The Morgan fingerprint density at radius 2 is 1.96 bits per heavy atom. The minimum atomic E-state index is -0.180. The number of pyridine rings is 1. The van der Waals surface area contributed by atoms with E-state index in [9.17, 15) is 4.79 Å². The Hall–Kier alpha value is -3.34. The van der Waals surface area contributed by atoms with Crippen LogP contribution in [0.2, 0.25) is 0 Å². The van der Waals surface area contributed by atoms with Crippen molar-refractivity contribution in [3.8, 4) is 5.75 Å². The Morgan fingerprint density at radius 3 is 2.78 bits per heavy atom. The highest BCUT2D eigenvalue weighted by Crippen LogP contribution is 2.34. The number of hydrogen-bond donors (Lipinski definition) is 1. The Bertz CT molecular complexity index is 954. The van der Waals surface area contributed by atoms with Crippen molar-refractivity contribution in [1.29, 1.82) is 0 Å². The van der Waals surface area contributed by atoms with Crippen molar-refractivity contribution in [1.82, 2.24) is 4.98 Å². The summed E-state index contributed by atoms with van der Waals surface area (Å²) in [6, 6.07) is 17.6. The van der Waals surface area contributed by atoms with Gasteiger partial charge in [-0.3, -0.25) is 9.78 Å². The van der Waals surface area contributed by atoms with Crippen molar-refractivity contribution >= 4 is 23.0 Å². The lowest BCUT2D eigenvalue weighted by molar-refractivity contribution is 0.102. The molecule has 0 aliphatic carbocycles. The predicted octanol–water partition coefficient (Wildman–Crippen LogP) is 4.43. The van der Waals surface area contributed by atoms with Gasteiger partial charge in [0.15, 0.2) is 0 Å². The molecule has 0 saturated carbocycles. The molecule has 0 saturated heterocycles.